The summed E-state index contributed by atoms with van der Waals surface area (Å²) in [6, 6.07) is 6.06. The zero-order valence-corrected chi connectivity index (χ0v) is 15.7. The van der Waals surface area contributed by atoms with Gasteiger partial charge in [0.15, 0.2) is 0 Å². The van der Waals surface area contributed by atoms with E-state index >= 15 is 0 Å². The Balaban J connectivity index is 1.56. The number of nitrogens with one attached hydrogen (secondary N) is 2. The van der Waals surface area contributed by atoms with Crippen LogP contribution < -0.4 is 15.5 Å². The number of anilines is 2. The number of carbonyl (C=O) groups is 1. The number of carbonyl (C=O) groups excluding carboxylic acids is 1. The third-order valence-corrected chi connectivity index (χ3v) is 4.56. The Morgan fingerprint density at radius 2 is 1.71 bits per heavy atom. The van der Waals surface area contributed by atoms with Gasteiger partial charge in [-0.3, -0.25) is 0 Å². The minimum atomic E-state index is -4.53. The van der Waals surface area contributed by atoms with Crippen LogP contribution in [0, 0.1) is 13.8 Å². The van der Waals surface area contributed by atoms with E-state index < -0.39 is 17.8 Å². The summed E-state index contributed by atoms with van der Waals surface area (Å²) in [6.07, 6.45) is -3.21. The van der Waals surface area contributed by atoms with Gasteiger partial charge in [0.05, 0.1) is 11.3 Å². The highest BCUT2D eigenvalue weighted by atomic mass is 19.4. The van der Waals surface area contributed by atoms with E-state index in [0.717, 1.165) is 17.5 Å². The number of alkyl halides is 3. The molecule has 2 N–H and O–H groups in total. The SMILES string of the molecule is Cc1cc(C)nc(N2CCC(NC(=O)Nc3ccccc3C(F)(F)F)CC2)n1. The lowest BCUT2D eigenvalue weighted by molar-refractivity contribution is -0.136. The summed E-state index contributed by atoms with van der Waals surface area (Å²) in [6.45, 7) is 5.14. The first-order valence-corrected chi connectivity index (χ1v) is 9.03. The van der Waals surface area contributed by atoms with Gasteiger partial charge in [0.2, 0.25) is 5.95 Å². The van der Waals surface area contributed by atoms with Crippen molar-refractivity contribution in [1.82, 2.24) is 15.3 Å². The number of aromatic nitrogens is 2. The molecule has 6 nitrogen and oxygen atoms in total. The summed E-state index contributed by atoms with van der Waals surface area (Å²) < 4.78 is 39.1. The van der Waals surface area contributed by atoms with Gasteiger partial charge in [-0.2, -0.15) is 13.2 Å². The van der Waals surface area contributed by atoms with Crippen LogP contribution in [0.25, 0.3) is 0 Å². The zero-order chi connectivity index (χ0) is 20.3. The fraction of sp³-hybridized carbons (Fsp3) is 0.421. The van der Waals surface area contributed by atoms with Crippen LogP contribution in [0.15, 0.2) is 30.3 Å². The molecule has 0 aliphatic carbocycles. The quantitative estimate of drug-likeness (QED) is 0.830. The predicted molar refractivity (Wildman–Crippen MR) is 100 cm³/mol. The largest absolute Gasteiger partial charge is 0.418 e. The fourth-order valence-electron chi connectivity index (χ4n) is 3.26. The number of urea groups is 1. The van der Waals surface area contributed by atoms with Crippen LogP contribution in [-0.4, -0.2) is 35.1 Å². The van der Waals surface area contributed by atoms with Gasteiger partial charge in [-0.25, -0.2) is 14.8 Å². The van der Waals surface area contributed by atoms with Crippen LogP contribution >= 0.6 is 0 Å². The normalized spacial score (nSPS) is 15.4. The van der Waals surface area contributed by atoms with E-state index in [1.165, 1.54) is 18.2 Å². The molecule has 0 atom stereocenters. The number of piperidine rings is 1. The molecule has 2 aromatic rings. The fourth-order valence-corrected chi connectivity index (χ4v) is 3.26. The van der Waals surface area contributed by atoms with Crippen LogP contribution in [-0.2, 0) is 6.18 Å². The van der Waals surface area contributed by atoms with E-state index in [2.05, 4.69) is 25.5 Å². The van der Waals surface area contributed by atoms with Crippen molar-refractivity contribution in [3.8, 4) is 0 Å². The third kappa shape index (κ3) is 4.90. The van der Waals surface area contributed by atoms with Gasteiger partial charge in [0, 0.05) is 30.5 Å². The number of hydrogen-bond donors (Lipinski definition) is 2. The second-order valence-electron chi connectivity index (χ2n) is 6.85. The molecule has 1 aromatic heterocycles. The number of para-hydroxylation sites is 1. The standard InChI is InChI=1S/C19H22F3N5O/c1-12-11-13(2)24-17(23-12)27-9-7-14(8-10-27)25-18(28)26-16-6-4-3-5-15(16)19(20,21)22/h3-6,11,14H,7-10H2,1-2H3,(H2,25,26,28). The maximum absolute atomic E-state index is 13.0. The lowest BCUT2D eigenvalue weighted by atomic mass is 10.1. The minimum Gasteiger partial charge on any atom is -0.341 e. The molecular formula is C19H22F3N5O. The first kappa shape index (κ1) is 19.9. The number of benzene rings is 1. The van der Waals surface area contributed by atoms with Crippen molar-refractivity contribution in [3.05, 3.63) is 47.3 Å². The van der Waals surface area contributed by atoms with Gasteiger partial charge < -0.3 is 15.5 Å². The Labute approximate surface area is 161 Å². The maximum atomic E-state index is 13.0. The third-order valence-electron chi connectivity index (χ3n) is 4.56. The van der Waals surface area contributed by atoms with Crippen LogP contribution in [0.3, 0.4) is 0 Å². The van der Waals surface area contributed by atoms with Crippen molar-refractivity contribution in [3.63, 3.8) is 0 Å². The number of halogens is 3. The Morgan fingerprint density at radius 1 is 1.11 bits per heavy atom. The summed E-state index contributed by atoms with van der Waals surface area (Å²) >= 11 is 0. The van der Waals surface area contributed by atoms with Crippen LogP contribution in [0.1, 0.15) is 29.8 Å². The molecule has 0 unspecified atom stereocenters. The van der Waals surface area contributed by atoms with Crippen LogP contribution in [0.5, 0.6) is 0 Å². The number of amides is 2. The van der Waals surface area contributed by atoms with Crippen molar-refractivity contribution in [2.24, 2.45) is 0 Å². The number of nitrogens with zero attached hydrogens (tertiary/aromatic N) is 3. The van der Waals surface area contributed by atoms with Crippen molar-refractivity contribution < 1.29 is 18.0 Å². The Bertz CT molecular complexity index is 827. The second-order valence-corrected chi connectivity index (χ2v) is 6.85. The number of hydrogen-bond acceptors (Lipinski definition) is 4. The molecule has 1 aliphatic heterocycles. The molecule has 0 radical (unpaired) electrons. The highest BCUT2D eigenvalue weighted by Gasteiger charge is 2.33. The van der Waals surface area contributed by atoms with Gasteiger partial charge in [0.25, 0.3) is 0 Å². The first-order valence-electron chi connectivity index (χ1n) is 9.03. The molecule has 1 saturated heterocycles. The summed E-state index contributed by atoms with van der Waals surface area (Å²) in [5, 5.41) is 5.07. The molecule has 0 saturated carbocycles. The molecule has 0 bridgehead atoms. The average Bonchev–Trinajstić information content (AvgIpc) is 2.61. The molecule has 28 heavy (non-hydrogen) atoms. The molecule has 2 heterocycles. The van der Waals surface area contributed by atoms with Gasteiger partial charge >= 0.3 is 12.2 Å². The molecule has 1 aliphatic rings. The van der Waals surface area contributed by atoms with E-state index in [0.29, 0.717) is 31.9 Å². The lowest BCUT2D eigenvalue weighted by Crippen LogP contribution is -2.46. The highest BCUT2D eigenvalue weighted by molar-refractivity contribution is 5.90. The molecule has 2 amide bonds. The number of aryl methyl sites for hydroxylation is 2. The van der Waals surface area contributed by atoms with E-state index in [1.54, 1.807) is 0 Å². The van der Waals surface area contributed by atoms with Gasteiger partial charge in [-0.05, 0) is 44.9 Å². The summed E-state index contributed by atoms with van der Waals surface area (Å²) in [4.78, 5) is 23.1. The summed E-state index contributed by atoms with van der Waals surface area (Å²) in [7, 11) is 0. The first-order chi connectivity index (χ1) is 13.2. The Hall–Kier alpha value is -2.84. The molecular weight excluding hydrogens is 371 g/mol. The molecule has 0 spiro atoms. The van der Waals surface area contributed by atoms with Crippen molar-refractivity contribution in [2.45, 2.75) is 38.9 Å². The molecule has 150 valence electrons. The van der Waals surface area contributed by atoms with Gasteiger partial charge in [-0.1, -0.05) is 12.1 Å². The van der Waals surface area contributed by atoms with E-state index in [9.17, 15) is 18.0 Å². The van der Waals surface area contributed by atoms with Crippen molar-refractivity contribution in [2.75, 3.05) is 23.3 Å². The summed E-state index contributed by atoms with van der Waals surface area (Å²) in [5.74, 6) is 0.666. The second kappa shape index (κ2) is 8.04. The topological polar surface area (TPSA) is 70.2 Å². The van der Waals surface area contributed by atoms with Crippen molar-refractivity contribution in [1.29, 1.82) is 0 Å². The predicted octanol–water partition coefficient (Wildman–Crippen LogP) is 3.90. The average molecular weight is 393 g/mol. The maximum Gasteiger partial charge on any atom is 0.418 e. The monoisotopic (exact) mass is 393 g/mol. The van der Waals surface area contributed by atoms with Crippen molar-refractivity contribution >= 4 is 17.7 Å². The summed E-state index contributed by atoms with van der Waals surface area (Å²) in [5.41, 5.74) is 0.663. The van der Waals surface area contributed by atoms with E-state index in [-0.39, 0.29) is 11.7 Å². The van der Waals surface area contributed by atoms with Crippen LogP contribution in [0.4, 0.5) is 29.6 Å². The van der Waals surface area contributed by atoms with Gasteiger partial charge in [-0.15, -0.1) is 0 Å². The Morgan fingerprint density at radius 3 is 2.32 bits per heavy atom. The van der Waals surface area contributed by atoms with E-state index in [1.807, 2.05) is 19.9 Å². The lowest BCUT2D eigenvalue weighted by Gasteiger charge is -2.32. The van der Waals surface area contributed by atoms with Gasteiger partial charge in [0.1, 0.15) is 0 Å². The smallest absolute Gasteiger partial charge is 0.341 e. The van der Waals surface area contributed by atoms with E-state index in [4.69, 9.17) is 0 Å². The molecule has 9 heteroatoms. The zero-order valence-electron chi connectivity index (χ0n) is 15.7. The number of rotatable bonds is 3. The minimum absolute atomic E-state index is 0.125. The Kier molecular flexibility index (Phi) is 5.71. The molecule has 1 aromatic carbocycles. The molecule has 1 fully saturated rings. The van der Waals surface area contributed by atoms with Crippen LogP contribution in [0.2, 0.25) is 0 Å². The highest BCUT2D eigenvalue weighted by Crippen LogP contribution is 2.34. The molecule has 3 rings (SSSR count).